The lowest BCUT2D eigenvalue weighted by molar-refractivity contribution is 0.218. The highest BCUT2D eigenvalue weighted by molar-refractivity contribution is 7.80. The fourth-order valence-electron chi connectivity index (χ4n) is 4.51. The normalized spacial score (nSPS) is 21.0. The summed E-state index contributed by atoms with van der Waals surface area (Å²) >= 11 is 4.54. The van der Waals surface area contributed by atoms with Crippen LogP contribution in [0.3, 0.4) is 0 Å². The first-order chi connectivity index (χ1) is 14.3. The van der Waals surface area contributed by atoms with Gasteiger partial charge in [-0.25, -0.2) is 0 Å². The van der Waals surface area contributed by atoms with Crippen LogP contribution in [-0.2, 0) is 0 Å². The lowest BCUT2D eigenvalue weighted by atomic mass is 9.74. The fourth-order valence-corrected chi connectivity index (χ4v) is 4.51. The van der Waals surface area contributed by atoms with Gasteiger partial charge in [0, 0.05) is 0 Å². The third-order valence-corrected chi connectivity index (χ3v) is 6.21. The van der Waals surface area contributed by atoms with Crippen LogP contribution in [0.1, 0.15) is 151 Å². The molecule has 2 rings (SSSR count). The Kier molecular flexibility index (Phi) is 25.1. The SMILES string of the molecule is C=C(C)CC1CCCCC1CCCC.CC(C)=S.CC1CCCCC1.CCCCC. The average molecular weight is 439 g/mol. The Hall–Kier alpha value is -0.170. The number of thiocarbonyl (C=S) groups is 1. The summed E-state index contributed by atoms with van der Waals surface area (Å²) < 4.78 is 0. The van der Waals surface area contributed by atoms with Gasteiger partial charge in [-0.3, -0.25) is 0 Å². The predicted octanol–water partition coefficient (Wildman–Crippen LogP) is 11.1. The smallest absolute Gasteiger partial charge is 0.0133 e. The van der Waals surface area contributed by atoms with Crippen molar-refractivity contribution in [1.82, 2.24) is 0 Å². The van der Waals surface area contributed by atoms with Crippen LogP contribution in [-0.4, -0.2) is 4.86 Å². The third kappa shape index (κ3) is 24.1. The van der Waals surface area contributed by atoms with Crippen molar-refractivity contribution in [2.75, 3.05) is 0 Å². The van der Waals surface area contributed by atoms with Gasteiger partial charge in [-0.05, 0) is 56.2 Å². The van der Waals surface area contributed by atoms with E-state index in [2.05, 4.69) is 53.4 Å². The zero-order valence-corrected chi connectivity index (χ0v) is 23.0. The lowest BCUT2D eigenvalue weighted by Crippen LogP contribution is -2.19. The fraction of sp³-hybridized carbons (Fsp3) is 0.897. The van der Waals surface area contributed by atoms with Crippen LogP contribution >= 0.6 is 12.2 Å². The number of rotatable bonds is 7. The molecule has 2 unspecified atom stereocenters. The topological polar surface area (TPSA) is 0 Å². The molecule has 2 fully saturated rings. The van der Waals surface area contributed by atoms with Gasteiger partial charge in [0.2, 0.25) is 0 Å². The highest BCUT2D eigenvalue weighted by Gasteiger charge is 2.24. The van der Waals surface area contributed by atoms with E-state index in [1.165, 1.54) is 108 Å². The van der Waals surface area contributed by atoms with Gasteiger partial charge in [-0.2, -0.15) is 0 Å². The van der Waals surface area contributed by atoms with E-state index in [1.54, 1.807) is 0 Å². The highest BCUT2D eigenvalue weighted by Crippen LogP contribution is 2.36. The Morgan fingerprint density at radius 3 is 1.50 bits per heavy atom. The summed E-state index contributed by atoms with van der Waals surface area (Å²) in [5.74, 6) is 3.02. The molecule has 0 radical (unpaired) electrons. The Bertz CT molecular complexity index is 372. The molecule has 0 heterocycles. The van der Waals surface area contributed by atoms with Crippen molar-refractivity contribution in [2.45, 2.75) is 151 Å². The molecule has 0 nitrogen and oxygen atoms in total. The molecule has 1 heteroatoms. The van der Waals surface area contributed by atoms with Gasteiger partial charge < -0.3 is 0 Å². The van der Waals surface area contributed by atoms with E-state index in [0.717, 1.165) is 22.6 Å². The van der Waals surface area contributed by atoms with Crippen molar-refractivity contribution in [2.24, 2.45) is 17.8 Å². The molecular formula is C29H58S. The molecule has 0 spiro atoms. The van der Waals surface area contributed by atoms with E-state index < -0.39 is 0 Å². The summed E-state index contributed by atoms with van der Waals surface area (Å²) in [5, 5.41) is 0. The largest absolute Gasteiger partial charge is 0.100 e. The summed E-state index contributed by atoms with van der Waals surface area (Å²) in [4.78, 5) is 1.00. The van der Waals surface area contributed by atoms with E-state index in [0.29, 0.717) is 0 Å². The van der Waals surface area contributed by atoms with Gasteiger partial charge in [-0.15, -0.1) is 6.58 Å². The van der Waals surface area contributed by atoms with Crippen LogP contribution in [0.25, 0.3) is 0 Å². The molecule has 2 saturated carbocycles. The maximum Gasteiger partial charge on any atom is -0.0133 e. The van der Waals surface area contributed by atoms with Gasteiger partial charge in [0.1, 0.15) is 0 Å². The molecule has 180 valence electrons. The standard InChI is InChI=1S/C14H26.C7H14.C5H12.C3H6S/c1-4-5-8-13-9-6-7-10-14(13)11-12(2)3;1-7-5-3-2-4-6-7;1-3-5-4-2;1-3(2)4/h13-14H,2,4-11H2,1,3H3;7H,2-6H2,1H3;3-5H2,1-2H3;1-2H3. The first kappa shape index (κ1) is 32.0. The van der Waals surface area contributed by atoms with E-state index >= 15 is 0 Å². The zero-order valence-electron chi connectivity index (χ0n) is 22.2. The van der Waals surface area contributed by atoms with Crippen LogP contribution < -0.4 is 0 Å². The molecular weight excluding hydrogens is 380 g/mol. The summed E-state index contributed by atoms with van der Waals surface area (Å²) in [5.41, 5.74) is 1.39. The van der Waals surface area contributed by atoms with Crippen molar-refractivity contribution in [3.05, 3.63) is 12.2 Å². The van der Waals surface area contributed by atoms with Gasteiger partial charge in [0.25, 0.3) is 0 Å². The number of hydrogen-bond acceptors (Lipinski definition) is 1. The minimum absolute atomic E-state index is 0.966. The van der Waals surface area contributed by atoms with Crippen molar-refractivity contribution in [1.29, 1.82) is 0 Å². The first-order valence-corrected chi connectivity index (χ1v) is 13.8. The van der Waals surface area contributed by atoms with Crippen LogP contribution in [0.5, 0.6) is 0 Å². The molecule has 0 N–H and O–H groups in total. The molecule has 2 aliphatic rings. The molecule has 0 aromatic carbocycles. The van der Waals surface area contributed by atoms with Gasteiger partial charge in [-0.1, -0.05) is 135 Å². The number of hydrogen-bond donors (Lipinski definition) is 0. The maximum atomic E-state index is 4.54. The lowest BCUT2D eigenvalue weighted by Gasteiger charge is -2.31. The summed E-state index contributed by atoms with van der Waals surface area (Å²) in [6, 6.07) is 0. The van der Waals surface area contributed by atoms with Crippen molar-refractivity contribution in [3.8, 4) is 0 Å². The van der Waals surface area contributed by atoms with Gasteiger partial charge in [0.05, 0.1) is 0 Å². The Morgan fingerprint density at radius 2 is 1.17 bits per heavy atom. The van der Waals surface area contributed by atoms with Gasteiger partial charge in [0.15, 0.2) is 0 Å². The Morgan fingerprint density at radius 1 is 0.733 bits per heavy atom. The van der Waals surface area contributed by atoms with E-state index in [1.807, 2.05) is 13.8 Å². The highest BCUT2D eigenvalue weighted by atomic mass is 32.1. The minimum Gasteiger partial charge on any atom is -0.100 e. The van der Waals surface area contributed by atoms with Crippen molar-refractivity contribution < 1.29 is 0 Å². The Labute approximate surface area is 198 Å². The van der Waals surface area contributed by atoms with E-state index in [-0.39, 0.29) is 0 Å². The van der Waals surface area contributed by atoms with Crippen molar-refractivity contribution >= 4 is 17.1 Å². The van der Waals surface area contributed by atoms with Crippen molar-refractivity contribution in [3.63, 3.8) is 0 Å². The molecule has 0 aromatic heterocycles. The predicted molar refractivity (Wildman–Crippen MR) is 146 cm³/mol. The molecule has 2 atom stereocenters. The summed E-state index contributed by atoms with van der Waals surface area (Å²) in [7, 11) is 0. The number of unbranched alkanes of at least 4 members (excludes halogenated alkanes) is 3. The molecule has 0 bridgehead atoms. The molecule has 0 aromatic rings. The van der Waals surface area contributed by atoms with E-state index in [9.17, 15) is 0 Å². The van der Waals surface area contributed by atoms with Gasteiger partial charge >= 0.3 is 0 Å². The molecule has 0 saturated heterocycles. The average Bonchev–Trinajstić information content (AvgIpc) is 2.69. The number of allylic oxidation sites excluding steroid dienone is 1. The molecule has 0 aliphatic heterocycles. The minimum atomic E-state index is 0.966. The Balaban J connectivity index is 0. The first-order valence-electron chi connectivity index (χ1n) is 13.4. The molecule has 30 heavy (non-hydrogen) atoms. The third-order valence-electron chi connectivity index (χ3n) is 6.21. The second-order valence-corrected chi connectivity index (χ2v) is 10.9. The van der Waals surface area contributed by atoms with Crippen LogP contribution in [0.15, 0.2) is 12.2 Å². The van der Waals surface area contributed by atoms with Crippen LogP contribution in [0.2, 0.25) is 0 Å². The second-order valence-electron chi connectivity index (χ2n) is 10.1. The van der Waals surface area contributed by atoms with Crippen LogP contribution in [0, 0.1) is 17.8 Å². The van der Waals surface area contributed by atoms with E-state index in [4.69, 9.17) is 0 Å². The zero-order chi connectivity index (χ0) is 23.2. The molecule has 0 amide bonds. The van der Waals surface area contributed by atoms with Crippen LogP contribution in [0.4, 0.5) is 0 Å². The summed E-state index contributed by atoms with van der Waals surface area (Å²) in [6.07, 6.45) is 22.9. The molecule has 2 aliphatic carbocycles. The second kappa shape index (κ2) is 23.5. The monoisotopic (exact) mass is 438 g/mol. The quantitative estimate of drug-likeness (QED) is 0.281. The maximum absolute atomic E-state index is 4.54. The summed E-state index contributed by atoms with van der Waals surface area (Å²) in [6.45, 7) is 19.1.